The van der Waals surface area contributed by atoms with E-state index in [0.717, 1.165) is 40.5 Å². The number of hydrogen-bond donors (Lipinski definition) is 1. The maximum Gasteiger partial charge on any atom is 0.338 e. The highest BCUT2D eigenvalue weighted by Crippen LogP contribution is 2.32. The third-order valence-corrected chi connectivity index (χ3v) is 5.65. The van der Waals surface area contributed by atoms with Gasteiger partial charge in [0, 0.05) is 30.2 Å². The van der Waals surface area contributed by atoms with Crippen molar-refractivity contribution in [3.05, 3.63) is 52.5 Å². The number of carbonyl (C=O) groups excluding carboxylic acids is 1. The fourth-order valence-corrected chi connectivity index (χ4v) is 4.00. The van der Waals surface area contributed by atoms with Crippen LogP contribution in [0.15, 0.2) is 28.9 Å². The maximum absolute atomic E-state index is 13.1. The lowest BCUT2D eigenvalue weighted by atomic mass is 10.0. The molecule has 146 valence electrons. The van der Waals surface area contributed by atoms with E-state index >= 15 is 0 Å². The highest BCUT2D eigenvalue weighted by Gasteiger charge is 2.29. The van der Waals surface area contributed by atoms with Crippen LogP contribution in [0.2, 0.25) is 0 Å². The molecule has 1 fully saturated rings. The molecule has 2 aromatic heterocycles. The second-order valence-corrected chi connectivity index (χ2v) is 7.50. The summed E-state index contributed by atoms with van der Waals surface area (Å²) in [6.07, 6.45) is 4.37. The van der Waals surface area contributed by atoms with Gasteiger partial charge in [-0.2, -0.15) is 5.10 Å². The van der Waals surface area contributed by atoms with Gasteiger partial charge in [-0.1, -0.05) is 12.1 Å². The van der Waals surface area contributed by atoms with Crippen LogP contribution in [0.3, 0.4) is 0 Å². The summed E-state index contributed by atoms with van der Waals surface area (Å²) in [7, 11) is 0. The van der Waals surface area contributed by atoms with Crippen LogP contribution < -0.4 is 0 Å². The fraction of sp³-hybridized carbons (Fsp3) is 0.381. The Morgan fingerprint density at radius 1 is 1.14 bits per heavy atom. The molecule has 1 saturated heterocycles. The van der Waals surface area contributed by atoms with Gasteiger partial charge in [0.1, 0.15) is 5.58 Å². The number of fused-ring (bicyclic) bond motifs is 1. The van der Waals surface area contributed by atoms with Gasteiger partial charge in [-0.3, -0.25) is 9.48 Å². The fourth-order valence-electron chi connectivity index (χ4n) is 4.00. The van der Waals surface area contributed by atoms with E-state index in [1.54, 1.807) is 10.9 Å². The molecule has 7 nitrogen and oxygen atoms in total. The first-order valence-electron chi connectivity index (χ1n) is 9.43. The van der Waals surface area contributed by atoms with Gasteiger partial charge < -0.3 is 14.4 Å². The Kier molecular flexibility index (Phi) is 4.45. The first-order valence-corrected chi connectivity index (χ1v) is 9.43. The van der Waals surface area contributed by atoms with Crippen molar-refractivity contribution < 1.29 is 19.1 Å². The van der Waals surface area contributed by atoms with Crippen LogP contribution in [0, 0.1) is 20.8 Å². The van der Waals surface area contributed by atoms with Gasteiger partial charge in [0.2, 0.25) is 0 Å². The van der Waals surface area contributed by atoms with E-state index in [2.05, 4.69) is 11.2 Å². The zero-order valence-corrected chi connectivity index (χ0v) is 16.2. The van der Waals surface area contributed by atoms with Crippen LogP contribution in [0.4, 0.5) is 0 Å². The molecule has 1 amide bonds. The highest BCUT2D eigenvalue weighted by atomic mass is 16.4. The number of aryl methyl sites for hydroxylation is 3. The van der Waals surface area contributed by atoms with Crippen molar-refractivity contribution >= 4 is 22.8 Å². The number of aromatic carboxylic acids is 1. The van der Waals surface area contributed by atoms with Crippen LogP contribution in [-0.2, 0) is 0 Å². The molecule has 3 aromatic rings. The number of carbonyl (C=O) groups is 2. The highest BCUT2D eigenvalue weighted by molar-refractivity contribution is 6.00. The summed E-state index contributed by atoms with van der Waals surface area (Å²) in [5.74, 6) is -0.652. The minimum absolute atomic E-state index is 0.0855. The standard InChI is InChI=1S/C21H23N3O4/c1-12-4-5-13(2)18-17(12)14(3)19(28-18)20(25)23-8-6-16(7-9-23)24-11-15(10-22-24)21(26)27/h4-5,10-11,16H,6-9H2,1-3H3,(H,26,27). The van der Waals surface area contributed by atoms with E-state index in [9.17, 15) is 9.59 Å². The van der Waals surface area contributed by atoms with Crippen LogP contribution in [-0.4, -0.2) is 44.8 Å². The molecule has 0 bridgehead atoms. The quantitative estimate of drug-likeness (QED) is 0.747. The summed E-state index contributed by atoms with van der Waals surface area (Å²) in [4.78, 5) is 25.9. The normalized spacial score (nSPS) is 15.3. The Bertz CT molecular complexity index is 1070. The van der Waals surface area contributed by atoms with E-state index < -0.39 is 5.97 Å². The number of amides is 1. The van der Waals surface area contributed by atoms with Gasteiger partial charge in [-0.25, -0.2) is 4.79 Å². The number of furan rings is 1. The predicted octanol–water partition coefficient (Wildman–Crippen LogP) is 3.73. The molecule has 4 rings (SSSR count). The van der Waals surface area contributed by atoms with E-state index in [1.165, 1.54) is 6.20 Å². The van der Waals surface area contributed by atoms with Gasteiger partial charge >= 0.3 is 5.97 Å². The number of benzene rings is 1. The first kappa shape index (κ1) is 18.3. The summed E-state index contributed by atoms with van der Waals surface area (Å²) in [5, 5.41) is 14.2. The second-order valence-electron chi connectivity index (χ2n) is 7.50. The molecule has 1 aliphatic heterocycles. The monoisotopic (exact) mass is 381 g/mol. The van der Waals surface area contributed by atoms with Gasteiger partial charge in [0.15, 0.2) is 5.76 Å². The van der Waals surface area contributed by atoms with Crippen LogP contribution >= 0.6 is 0 Å². The van der Waals surface area contributed by atoms with Crippen molar-refractivity contribution in [2.75, 3.05) is 13.1 Å². The molecule has 0 aliphatic carbocycles. The number of rotatable bonds is 3. The summed E-state index contributed by atoms with van der Waals surface area (Å²) < 4.78 is 7.69. The largest absolute Gasteiger partial charge is 0.478 e. The number of nitrogens with zero attached hydrogens (tertiary/aromatic N) is 3. The molecule has 0 spiro atoms. The predicted molar refractivity (Wildman–Crippen MR) is 104 cm³/mol. The van der Waals surface area contributed by atoms with Crippen molar-refractivity contribution in [3.63, 3.8) is 0 Å². The average molecular weight is 381 g/mol. The first-order chi connectivity index (χ1) is 13.4. The molecule has 0 radical (unpaired) electrons. The number of piperidine rings is 1. The van der Waals surface area contributed by atoms with E-state index in [-0.39, 0.29) is 17.5 Å². The molecule has 0 unspecified atom stereocenters. The maximum atomic E-state index is 13.1. The number of aromatic nitrogens is 2. The van der Waals surface area contributed by atoms with Gasteiger partial charge in [-0.05, 0) is 44.7 Å². The number of likely N-dealkylation sites (tertiary alicyclic amines) is 1. The van der Waals surface area contributed by atoms with E-state index in [0.29, 0.717) is 18.8 Å². The third kappa shape index (κ3) is 2.96. The molecular formula is C21H23N3O4. The van der Waals surface area contributed by atoms with Gasteiger partial charge in [0.05, 0.1) is 17.8 Å². The Morgan fingerprint density at radius 3 is 2.43 bits per heavy atom. The van der Waals surface area contributed by atoms with Crippen molar-refractivity contribution in [1.82, 2.24) is 14.7 Å². The summed E-state index contributed by atoms with van der Waals surface area (Å²) in [6.45, 7) is 7.12. The number of hydrogen-bond acceptors (Lipinski definition) is 4. The summed E-state index contributed by atoms with van der Waals surface area (Å²) >= 11 is 0. The summed E-state index contributed by atoms with van der Waals surface area (Å²) in [6, 6.07) is 4.16. The third-order valence-electron chi connectivity index (χ3n) is 5.65. The number of carboxylic acids is 1. The van der Waals surface area contributed by atoms with Gasteiger partial charge in [-0.15, -0.1) is 0 Å². The van der Waals surface area contributed by atoms with Crippen LogP contribution in [0.1, 0.15) is 56.5 Å². The number of carboxylic acid groups (broad SMARTS) is 1. The molecule has 1 aliphatic rings. The van der Waals surface area contributed by atoms with Gasteiger partial charge in [0.25, 0.3) is 5.91 Å². The van der Waals surface area contributed by atoms with Crippen molar-refractivity contribution in [2.45, 2.75) is 39.7 Å². The molecule has 28 heavy (non-hydrogen) atoms. The lowest BCUT2D eigenvalue weighted by Gasteiger charge is -2.31. The van der Waals surface area contributed by atoms with Crippen LogP contribution in [0.25, 0.3) is 11.0 Å². The minimum Gasteiger partial charge on any atom is -0.478 e. The average Bonchev–Trinajstić information content (AvgIpc) is 3.30. The molecule has 3 heterocycles. The topological polar surface area (TPSA) is 88.6 Å². The molecule has 0 atom stereocenters. The molecule has 1 N–H and O–H groups in total. The van der Waals surface area contributed by atoms with Crippen molar-refractivity contribution in [1.29, 1.82) is 0 Å². The Morgan fingerprint density at radius 2 is 1.82 bits per heavy atom. The molecular weight excluding hydrogens is 358 g/mol. The minimum atomic E-state index is -0.982. The zero-order valence-electron chi connectivity index (χ0n) is 16.2. The lowest BCUT2D eigenvalue weighted by molar-refractivity contribution is 0.0659. The van der Waals surface area contributed by atoms with Crippen molar-refractivity contribution in [3.8, 4) is 0 Å². The second kappa shape index (κ2) is 6.82. The Labute approximate surface area is 162 Å². The zero-order chi connectivity index (χ0) is 20.0. The van der Waals surface area contributed by atoms with E-state index in [1.807, 2.05) is 31.7 Å². The molecule has 0 saturated carbocycles. The van der Waals surface area contributed by atoms with Crippen LogP contribution in [0.5, 0.6) is 0 Å². The molecule has 7 heteroatoms. The SMILES string of the molecule is Cc1ccc(C)c2c(C)c(C(=O)N3CCC(n4cc(C(=O)O)cn4)CC3)oc12. The smallest absolute Gasteiger partial charge is 0.338 e. The Hall–Kier alpha value is -3.09. The Balaban J connectivity index is 1.52. The lowest BCUT2D eigenvalue weighted by Crippen LogP contribution is -2.39. The van der Waals surface area contributed by atoms with Crippen molar-refractivity contribution in [2.24, 2.45) is 0 Å². The van der Waals surface area contributed by atoms with E-state index in [4.69, 9.17) is 9.52 Å². The molecule has 1 aromatic carbocycles. The summed E-state index contributed by atoms with van der Waals surface area (Å²) in [5.41, 5.74) is 3.99.